The van der Waals surface area contributed by atoms with Gasteiger partial charge in [0, 0.05) is 26.1 Å². The lowest BCUT2D eigenvalue weighted by Crippen LogP contribution is -2.56. The highest BCUT2D eigenvalue weighted by atomic mass is 35.5. The molecule has 2 bridgehead atoms. The molecule has 3 fully saturated rings. The van der Waals surface area contributed by atoms with Crippen molar-refractivity contribution < 1.29 is 33.8 Å². The first-order chi connectivity index (χ1) is 24.2. The van der Waals surface area contributed by atoms with Crippen LogP contribution in [-0.2, 0) is 28.7 Å². The quantitative estimate of drug-likeness (QED) is 0.120. The van der Waals surface area contributed by atoms with Crippen LogP contribution in [0.3, 0.4) is 0 Å². The molecule has 1 spiro atoms. The predicted molar refractivity (Wildman–Crippen MR) is 191 cm³/mol. The second kappa shape index (κ2) is 16.8. The summed E-state index contributed by atoms with van der Waals surface area (Å²) in [5.74, 6) is -3.28. The largest absolute Gasteiger partial charge is 0.455 e. The van der Waals surface area contributed by atoms with Gasteiger partial charge in [-0.2, -0.15) is 0 Å². The van der Waals surface area contributed by atoms with Crippen LogP contribution in [-0.4, -0.2) is 77.7 Å². The number of likely N-dealkylation sites (tertiary alicyclic amines) is 1. The van der Waals surface area contributed by atoms with E-state index >= 15 is 0 Å². The molecular formula is C39H48ClN3O7. The van der Waals surface area contributed by atoms with Crippen LogP contribution in [0.1, 0.15) is 68.6 Å². The zero-order valence-corrected chi connectivity index (χ0v) is 29.5. The standard InChI is InChI=1S/C39H48ClN3O7/c1-4-6-19-31(45)41-25-30(27-16-10-9-11-17-27)49-38(48)32-29-20-21-39(50-29)33(32)36(46)43(23-12-7-8-13-24-44)35(39)37(47)42(22-5-2)34-26(3)15-14-18-28(34)40/h4-5,9-11,14-18,29-30,32-33,35,44H,1-2,6-8,12-13,19-25H2,3H3,(H,41,45)/t29-,30+,32+,33+,35-,39+/m0/s1. The predicted octanol–water partition coefficient (Wildman–Crippen LogP) is 5.46. The minimum Gasteiger partial charge on any atom is -0.455 e. The van der Waals surface area contributed by atoms with Crippen LogP contribution in [0.5, 0.6) is 0 Å². The molecule has 2 aromatic rings. The molecule has 11 heteroatoms. The fourth-order valence-corrected chi connectivity index (χ4v) is 8.19. The van der Waals surface area contributed by atoms with Crippen LogP contribution in [0.15, 0.2) is 73.8 Å². The summed E-state index contributed by atoms with van der Waals surface area (Å²) in [6.07, 6.45) is 6.40. The zero-order valence-electron chi connectivity index (χ0n) is 28.7. The van der Waals surface area contributed by atoms with E-state index in [2.05, 4.69) is 18.5 Å². The van der Waals surface area contributed by atoms with E-state index in [9.17, 15) is 24.3 Å². The second-order valence-electron chi connectivity index (χ2n) is 13.3. The van der Waals surface area contributed by atoms with Crippen molar-refractivity contribution in [3.63, 3.8) is 0 Å². The van der Waals surface area contributed by atoms with E-state index in [1.807, 2.05) is 49.4 Å². The lowest BCUT2D eigenvalue weighted by molar-refractivity contribution is -0.160. The number of ether oxygens (including phenoxy) is 2. The summed E-state index contributed by atoms with van der Waals surface area (Å²) in [6.45, 7) is 10.0. The van der Waals surface area contributed by atoms with Crippen molar-refractivity contribution in [1.82, 2.24) is 10.2 Å². The Morgan fingerprint density at radius 3 is 2.58 bits per heavy atom. The molecule has 3 aliphatic heterocycles. The van der Waals surface area contributed by atoms with Crippen molar-refractivity contribution in [3.05, 3.63) is 90.0 Å². The van der Waals surface area contributed by atoms with Gasteiger partial charge in [0.05, 0.1) is 35.2 Å². The molecule has 3 amide bonds. The van der Waals surface area contributed by atoms with Crippen molar-refractivity contribution in [3.8, 4) is 0 Å². The van der Waals surface area contributed by atoms with Crippen molar-refractivity contribution >= 4 is 41.0 Å². The van der Waals surface area contributed by atoms with Gasteiger partial charge in [0.15, 0.2) is 0 Å². The number of hydrogen-bond acceptors (Lipinski definition) is 7. The second-order valence-corrected chi connectivity index (χ2v) is 13.7. The number of aryl methyl sites for hydroxylation is 1. The van der Waals surface area contributed by atoms with E-state index in [1.54, 1.807) is 28.0 Å². The third-order valence-corrected chi connectivity index (χ3v) is 10.4. The fourth-order valence-electron chi connectivity index (χ4n) is 7.86. The summed E-state index contributed by atoms with van der Waals surface area (Å²) in [7, 11) is 0. The molecular weight excluding hydrogens is 658 g/mol. The Hall–Kier alpha value is -3.99. The van der Waals surface area contributed by atoms with Crippen LogP contribution in [0.4, 0.5) is 5.69 Å². The maximum absolute atomic E-state index is 14.9. The number of benzene rings is 2. The first-order valence-corrected chi connectivity index (χ1v) is 18.0. The van der Waals surface area contributed by atoms with Gasteiger partial charge in [-0.1, -0.05) is 79.1 Å². The maximum Gasteiger partial charge on any atom is 0.313 e. The molecule has 0 aromatic heterocycles. The van der Waals surface area contributed by atoms with Crippen LogP contribution in [0, 0.1) is 18.8 Å². The third-order valence-electron chi connectivity index (χ3n) is 10.1. The molecule has 0 radical (unpaired) electrons. The smallest absolute Gasteiger partial charge is 0.313 e. The highest BCUT2D eigenvalue weighted by Crippen LogP contribution is 2.59. The number of unbranched alkanes of at least 4 members (excludes halogenated alkanes) is 3. The number of carbonyl (C=O) groups is 4. The zero-order chi connectivity index (χ0) is 35.8. The SMILES string of the molecule is C=CCCC(=O)NC[C@@H](OC(=O)[C@@H]1[C@@H]2CC[C@]3(O2)[C@H](C(=O)N(CC=C)c2c(C)cccc2Cl)N(CCCCCCO)C(=O)[C@@H]13)c1ccccc1. The summed E-state index contributed by atoms with van der Waals surface area (Å²) < 4.78 is 12.8. The van der Waals surface area contributed by atoms with Gasteiger partial charge in [0.2, 0.25) is 11.8 Å². The normalized spacial score (nSPS) is 24.1. The molecule has 0 aliphatic carbocycles. The lowest BCUT2D eigenvalue weighted by atomic mass is 9.70. The summed E-state index contributed by atoms with van der Waals surface area (Å²) in [5, 5.41) is 12.5. The fraction of sp³-hybridized carbons (Fsp3) is 0.487. The van der Waals surface area contributed by atoms with Crippen LogP contribution >= 0.6 is 11.6 Å². The highest BCUT2D eigenvalue weighted by Gasteiger charge is 2.75. The van der Waals surface area contributed by atoms with Crippen LogP contribution in [0.2, 0.25) is 5.02 Å². The Morgan fingerprint density at radius 1 is 1.12 bits per heavy atom. The van der Waals surface area contributed by atoms with Crippen molar-refractivity contribution in [2.24, 2.45) is 11.8 Å². The summed E-state index contributed by atoms with van der Waals surface area (Å²) in [5.41, 5.74) is 0.805. The average molecular weight is 706 g/mol. The Kier molecular flexibility index (Phi) is 12.5. The third kappa shape index (κ3) is 7.53. The van der Waals surface area contributed by atoms with Gasteiger partial charge < -0.3 is 29.7 Å². The summed E-state index contributed by atoms with van der Waals surface area (Å²) >= 11 is 6.68. The average Bonchev–Trinajstić information content (AvgIpc) is 3.76. The first kappa shape index (κ1) is 37.3. The van der Waals surface area contributed by atoms with Gasteiger partial charge in [-0.25, -0.2) is 0 Å². The van der Waals surface area contributed by atoms with Crippen molar-refractivity contribution in [1.29, 1.82) is 0 Å². The van der Waals surface area contributed by atoms with Gasteiger partial charge in [-0.05, 0) is 56.2 Å². The van der Waals surface area contributed by atoms with Crippen molar-refractivity contribution in [2.45, 2.75) is 82.1 Å². The Bertz CT molecular complexity index is 1550. The Morgan fingerprint density at radius 2 is 1.88 bits per heavy atom. The van der Waals surface area contributed by atoms with Gasteiger partial charge >= 0.3 is 5.97 Å². The monoisotopic (exact) mass is 705 g/mol. The minimum atomic E-state index is -1.23. The Labute approximate surface area is 299 Å². The number of esters is 1. The number of hydrogen-bond donors (Lipinski definition) is 2. The molecule has 6 atom stereocenters. The van der Waals surface area contributed by atoms with E-state index < -0.39 is 41.7 Å². The molecule has 5 rings (SSSR count). The highest BCUT2D eigenvalue weighted by molar-refractivity contribution is 6.34. The number of aliphatic hydroxyl groups is 1. The molecule has 0 unspecified atom stereocenters. The van der Waals surface area contributed by atoms with E-state index in [4.69, 9.17) is 21.1 Å². The van der Waals surface area contributed by atoms with E-state index in [0.29, 0.717) is 54.9 Å². The molecule has 2 aromatic carbocycles. The number of fused-ring (bicyclic) bond motifs is 1. The van der Waals surface area contributed by atoms with Gasteiger partial charge in [0.1, 0.15) is 17.7 Å². The number of nitrogens with zero attached hydrogens (tertiary/aromatic N) is 2. The van der Waals surface area contributed by atoms with E-state index in [-0.39, 0.29) is 43.8 Å². The van der Waals surface area contributed by atoms with Crippen LogP contribution in [0.25, 0.3) is 0 Å². The van der Waals surface area contributed by atoms with Gasteiger partial charge in [-0.3, -0.25) is 19.2 Å². The number of rotatable bonds is 18. The summed E-state index contributed by atoms with van der Waals surface area (Å²) in [6, 6.07) is 13.6. The number of carbonyl (C=O) groups excluding carboxylic acids is 4. The molecule has 2 N–H and O–H groups in total. The Balaban J connectivity index is 1.46. The van der Waals surface area contributed by atoms with Gasteiger partial charge in [0.25, 0.3) is 5.91 Å². The molecule has 268 valence electrons. The first-order valence-electron chi connectivity index (χ1n) is 17.6. The number of amides is 3. The number of allylic oxidation sites excluding steroid dienone is 1. The molecule has 10 nitrogen and oxygen atoms in total. The molecule has 0 saturated carbocycles. The topological polar surface area (TPSA) is 125 Å². The number of anilines is 1. The molecule has 3 saturated heterocycles. The van der Waals surface area contributed by atoms with E-state index in [0.717, 1.165) is 18.4 Å². The van der Waals surface area contributed by atoms with Crippen LogP contribution < -0.4 is 10.2 Å². The minimum absolute atomic E-state index is 0.0580. The number of aliphatic hydroxyl groups excluding tert-OH is 1. The molecule has 50 heavy (non-hydrogen) atoms. The molecule has 3 heterocycles. The van der Waals surface area contributed by atoms with E-state index in [1.165, 1.54) is 0 Å². The number of para-hydroxylation sites is 1. The number of halogens is 1. The summed E-state index contributed by atoms with van der Waals surface area (Å²) in [4.78, 5) is 59.3. The van der Waals surface area contributed by atoms with Crippen molar-refractivity contribution in [2.75, 3.05) is 31.1 Å². The van der Waals surface area contributed by atoms with Gasteiger partial charge in [-0.15, -0.1) is 13.2 Å². The molecule has 3 aliphatic rings. The maximum atomic E-state index is 14.9. The lowest BCUT2D eigenvalue weighted by Gasteiger charge is -2.37. The number of nitrogens with one attached hydrogen (secondary N) is 1.